The van der Waals surface area contributed by atoms with Crippen LogP contribution in [0.15, 0.2) is 12.1 Å². The Morgan fingerprint density at radius 2 is 1.62 bits per heavy atom. The summed E-state index contributed by atoms with van der Waals surface area (Å²) in [5, 5.41) is 10.5. The number of ether oxygens (including phenoxy) is 2. The molecule has 0 aromatic carbocycles. The molecule has 0 spiro atoms. The second-order valence-electron chi connectivity index (χ2n) is 16.1. The third kappa shape index (κ3) is 10.6. The molecule has 48 heavy (non-hydrogen) atoms. The van der Waals surface area contributed by atoms with E-state index in [9.17, 15) is 9.59 Å². The molecule has 2 heterocycles. The monoisotopic (exact) mass is 685 g/mol. The number of pyridine rings is 1. The Kier molecular flexibility index (Phi) is 13.3. The van der Waals surface area contributed by atoms with E-state index in [4.69, 9.17) is 9.47 Å². The van der Waals surface area contributed by atoms with Gasteiger partial charge in [0.15, 0.2) is 0 Å². The Hall–Kier alpha value is -2.79. The lowest BCUT2D eigenvalue weighted by Gasteiger charge is -2.42. The van der Waals surface area contributed by atoms with Crippen molar-refractivity contribution in [3.63, 3.8) is 0 Å². The summed E-state index contributed by atoms with van der Waals surface area (Å²) in [4.78, 5) is 31.6. The van der Waals surface area contributed by atoms with Gasteiger partial charge >= 0.3 is 6.09 Å². The molecule has 0 bridgehead atoms. The van der Waals surface area contributed by atoms with Crippen molar-refractivity contribution in [3.05, 3.63) is 29.5 Å². The Balaban J connectivity index is 1.58. The van der Waals surface area contributed by atoms with Crippen molar-refractivity contribution in [1.29, 1.82) is 0 Å². The number of carbonyl (C=O) groups excluding carboxylic acids is 2. The highest BCUT2D eigenvalue weighted by molar-refractivity contribution is 6.76. The van der Waals surface area contributed by atoms with Crippen molar-refractivity contribution in [2.45, 2.75) is 149 Å². The van der Waals surface area contributed by atoms with Crippen molar-refractivity contribution < 1.29 is 23.5 Å². The van der Waals surface area contributed by atoms with E-state index in [1.54, 1.807) is 12.1 Å². The van der Waals surface area contributed by atoms with Gasteiger partial charge in [-0.15, -0.1) is 0 Å². The fraction of sp³-hybridized carbons (Fsp3) is 0.730. The van der Waals surface area contributed by atoms with Crippen LogP contribution in [0.4, 0.5) is 15.0 Å². The summed E-state index contributed by atoms with van der Waals surface area (Å²) in [6.45, 7) is 17.2. The zero-order valence-corrected chi connectivity index (χ0v) is 31.7. The first kappa shape index (κ1) is 38.0. The second kappa shape index (κ2) is 16.7. The van der Waals surface area contributed by atoms with Crippen molar-refractivity contribution in [2.24, 2.45) is 17.8 Å². The van der Waals surface area contributed by atoms with E-state index >= 15 is 4.39 Å². The maximum absolute atomic E-state index is 15.9. The molecule has 11 heteroatoms. The molecule has 0 aliphatic heterocycles. The molecule has 268 valence electrons. The minimum atomic E-state index is -1.22. The van der Waals surface area contributed by atoms with Gasteiger partial charge in [0.05, 0.1) is 5.69 Å². The van der Waals surface area contributed by atoms with Crippen LogP contribution in [0.5, 0.6) is 0 Å². The summed E-state index contributed by atoms with van der Waals surface area (Å²) in [5.41, 5.74) is 1.90. The molecule has 2 saturated carbocycles. The van der Waals surface area contributed by atoms with E-state index in [-0.39, 0.29) is 17.6 Å². The topological polar surface area (TPSA) is 107 Å². The second-order valence-corrected chi connectivity index (χ2v) is 21.8. The number of carbonyl (C=O) groups is 2. The molecular formula is C37H60FN5O4Si. The number of rotatable bonds is 13. The minimum Gasteiger partial charge on any atom is -0.444 e. The van der Waals surface area contributed by atoms with Crippen molar-refractivity contribution in [3.8, 4) is 11.1 Å². The zero-order valence-electron chi connectivity index (χ0n) is 30.7. The first-order chi connectivity index (χ1) is 22.7. The van der Waals surface area contributed by atoms with Gasteiger partial charge in [0, 0.05) is 31.5 Å². The fourth-order valence-electron chi connectivity index (χ4n) is 7.61. The van der Waals surface area contributed by atoms with Crippen LogP contribution in [-0.4, -0.2) is 53.1 Å². The third-order valence-electron chi connectivity index (χ3n) is 9.87. The van der Waals surface area contributed by atoms with Gasteiger partial charge in [0.25, 0.3) is 0 Å². The molecule has 2 aromatic heterocycles. The number of nitrogens with one attached hydrogen (secondary N) is 2. The van der Waals surface area contributed by atoms with Crippen LogP contribution < -0.4 is 10.6 Å². The fourth-order valence-corrected chi connectivity index (χ4v) is 8.36. The van der Waals surface area contributed by atoms with Crippen LogP contribution in [0, 0.1) is 30.6 Å². The van der Waals surface area contributed by atoms with E-state index in [0.717, 1.165) is 63.1 Å². The molecule has 4 rings (SSSR count). The SMILES string of the molecule is CCc1c(-c2ccc(NC(=O)C(NC(=O)OC(C)(C)C)C(C3CCCCC3)C3CCCCC3)nc2F)c(C)nn1COCC[Si](C)(C)C. The molecule has 2 aliphatic carbocycles. The maximum atomic E-state index is 15.9. The van der Waals surface area contributed by atoms with Crippen LogP contribution in [-0.2, 0) is 27.4 Å². The third-order valence-corrected chi connectivity index (χ3v) is 11.6. The molecule has 2 aromatic rings. The smallest absolute Gasteiger partial charge is 0.408 e. The molecule has 2 aliphatic rings. The number of hydrogen-bond acceptors (Lipinski definition) is 6. The van der Waals surface area contributed by atoms with Crippen molar-refractivity contribution >= 4 is 25.9 Å². The van der Waals surface area contributed by atoms with Gasteiger partial charge in [0.1, 0.15) is 24.2 Å². The van der Waals surface area contributed by atoms with Gasteiger partial charge in [-0.05, 0) is 70.0 Å². The summed E-state index contributed by atoms with van der Waals surface area (Å²) in [6.07, 6.45) is 11.1. The molecule has 9 nitrogen and oxygen atoms in total. The molecule has 2 N–H and O–H groups in total. The van der Waals surface area contributed by atoms with Crippen LogP contribution in [0.1, 0.15) is 103 Å². The largest absolute Gasteiger partial charge is 0.444 e. The lowest BCUT2D eigenvalue weighted by Crippen LogP contribution is -2.54. The molecule has 0 saturated heterocycles. The Labute approximate surface area is 288 Å². The van der Waals surface area contributed by atoms with Crippen LogP contribution >= 0.6 is 0 Å². The Morgan fingerprint density at radius 1 is 1.02 bits per heavy atom. The van der Waals surface area contributed by atoms with E-state index in [1.165, 1.54) is 12.8 Å². The maximum Gasteiger partial charge on any atom is 0.408 e. The van der Waals surface area contributed by atoms with Crippen molar-refractivity contribution in [1.82, 2.24) is 20.1 Å². The van der Waals surface area contributed by atoms with E-state index in [1.807, 2.05) is 39.3 Å². The number of nitrogens with zero attached hydrogens (tertiary/aromatic N) is 3. The normalized spacial score (nSPS) is 17.4. The summed E-state index contributed by atoms with van der Waals surface area (Å²) < 4.78 is 29.3. The molecular weight excluding hydrogens is 626 g/mol. The number of hydrogen-bond donors (Lipinski definition) is 2. The van der Waals surface area contributed by atoms with Crippen molar-refractivity contribution in [2.75, 3.05) is 11.9 Å². The van der Waals surface area contributed by atoms with Crippen LogP contribution in [0.3, 0.4) is 0 Å². The van der Waals surface area contributed by atoms with Gasteiger partial charge in [-0.1, -0.05) is 90.8 Å². The summed E-state index contributed by atoms with van der Waals surface area (Å²) in [5.74, 6) is -0.331. The number of aromatic nitrogens is 3. The average Bonchev–Trinajstić information content (AvgIpc) is 3.33. The molecule has 1 atom stereocenters. The highest BCUT2D eigenvalue weighted by Crippen LogP contribution is 2.42. The molecule has 2 fully saturated rings. The summed E-state index contributed by atoms with van der Waals surface area (Å²) in [7, 11) is -1.22. The van der Waals surface area contributed by atoms with Gasteiger partial charge in [-0.3, -0.25) is 4.79 Å². The molecule has 2 amide bonds. The van der Waals surface area contributed by atoms with Gasteiger partial charge in [-0.2, -0.15) is 9.49 Å². The predicted octanol–water partition coefficient (Wildman–Crippen LogP) is 8.88. The first-order valence-electron chi connectivity index (χ1n) is 18.3. The molecule has 0 radical (unpaired) electrons. The highest BCUT2D eigenvalue weighted by Gasteiger charge is 2.42. The lowest BCUT2D eigenvalue weighted by molar-refractivity contribution is -0.121. The van der Waals surface area contributed by atoms with Gasteiger partial charge in [0.2, 0.25) is 11.9 Å². The Morgan fingerprint density at radius 3 is 2.15 bits per heavy atom. The minimum absolute atomic E-state index is 0.0317. The van der Waals surface area contributed by atoms with E-state index in [2.05, 4.69) is 40.4 Å². The quantitative estimate of drug-likeness (QED) is 0.124. The summed E-state index contributed by atoms with van der Waals surface area (Å²) in [6, 6.07) is 3.54. The van der Waals surface area contributed by atoms with E-state index in [0.29, 0.717) is 48.4 Å². The standard InChI is InChI=1S/C37H60FN5O4Si/c1-9-29-31(25(2)42-43(29)24-46-22-23-48(6,7)8)28-20-21-30(39-34(28)38)40-35(44)33(41-36(45)47-37(3,4)5)32(26-16-12-10-13-17-26)27-18-14-11-15-19-27/h20-21,26-27,32-33H,9-19,22-24H2,1-8H3,(H,41,45)(H,39,40,44). The number of halogens is 1. The first-order valence-corrected chi connectivity index (χ1v) is 22.0. The number of alkyl carbamates (subject to hydrolysis) is 1. The Bertz CT molecular complexity index is 1350. The lowest BCUT2D eigenvalue weighted by atomic mass is 9.66. The predicted molar refractivity (Wildman–Crippen MR) is 192 cm³/mol. The van der Waals surface area contributed by atoms with E-state index < -0.39 is 31.8 Å². The summed E-state index contributed by atoms with van der Waals surface area (Å²) >= 11 is 0. The van der Waals surface area contributed by atoms with Crippen LogP contribution in [0.25, 0.3) is 11.1 Å². The van der Waals surface area contributed by atoms with Gasteiger partial charge < -0.3 is 20.1 Å². The number of aryl methyl sites for hydroxylation is 1. The number of amides is 2. The zero-order chi connectivity index (χ0) is 35.1. The molecule has 1 unspecified atom stereocenters. The number of anilines is 1. The van der Waals surface area contributed by atoms with Gasteiger partial charge in [-0.25, -0.2) is 14.5 Å². The average molecular weight is 686 g/mol. The van der Waals surface area contributed by atoms with Crippen LogP contribution in [0.2, 0.25) is 25.7 Å². The highest BCUT2D eigenvalue weighted by atomic mass is 28.3.